The van der Waals surface area contributed by atoms with Gasteiger partial charge in [-0.1, -0.05) is 0 Å². The highest BCUT2D eigenvalue weighted by Gasteiger charge is 2.38. The van der Waals surface area contributed by atoms with Gasteiger partial charge in [-0.15, -0.1) is 11.3 Å². The van der Waals surface area contributed by atoms with Crippen molar-refractivity contribution in [1.29, 1.82) is 0 Å². The maximum Gasteiger partial charge on any atom is 0.154 e. The van der Waals surface area contributed by atoms with Crippen LogP contribution >= 0.6 is 11.3 Å². The minimum Gasteiger partial charge on any atom is -0.271 e. The third-order valence-corrected chi connectivity index (χ3v) is 6.09. The minimum absolute atomic E-state index is 0.362. The van der Waals surface area contributed by atoms with Gasteiger partial charge in [0, 0.05) is 24.1 Å². The summed E-state index contributed by atoms with van der Waals surface area (Å²) >= 11 is 1.55. The summed E-state index contributed by atoms with van der Waals surface area (Å²) in [7, 11) is -3.19. The zero-order chi connectivity index (χ0) is 13.3. The summed E-state index contributed by atoms with van der Waals surface area (Å²) in [5, 5.41) is 2.89. The van der Waals surface area contributed by atoms with Crippen LogP contribution < -0.4 is 11.3 Å². The van der Waals surface area contributed by atoms with Gasteiger partial charge in [0.15, 0.2) is 9.84 Å². The van der Waals surface area contributed by atoms with Crippen molar-refractivity contribution < 1.29 is 8.42 Å². The number of hydrogen-bond acceptors (Lipinski definition) is 6. The van der Waals surface area contributed by atoms with E-state index in [4.69, 9.17) is 5.84 Å². The van der Waals surface area contributed by atoms with Crippen LogP contribution in [0.1, 0.15) is 24.5 Å². The molecule has 0 radical (unpaired) electrons. The second-order valence-electron chi connectivity index (χ2n) is 4.66. The van der Waals surface area contributed by atoms with Gasteiger partial charge in [-0.25, -0.2) is 13.4 Å². The topological polar surface area (TPSA) is 85.1 Å². The molecule has 0 saturated heterocycles. The number of sulfone groups is 1. The van der Waals surface area contributed by atoms with Gasteiger partial charge in [-0.05, 0) is 20.8 Å². The lowest BCUT2D eigenvalue weighted by Gasteiger charge is -2.31. The van der Waals surface area contributed by atoms with E-state index in [2.05, 4.69) is 10.4 Å². The normalized spacial score (nSPS) is 14.9. The molecule has 7 heteroatoms. The van der Waals surface area contributed by atoms with Crippen LogP contribution in [0.4, 0.5) is 0 Å². The van der Waals surface area contributed by atoms with E-state index in [1.807, 2.05) is 12.3 Å². The summed E-state index contributed by atoms with van der Waals surface area (Å²) in [5.41, 5.74) is 3.46. The second-order valence-corrected chi connectivity index (χ2v) is 8.32. The van der Waals surface area contributed by atoms with Crippen LogP contribution in [0.3, 0.4) is 0 Å². The quantitative estimate of drug-likeness (QED) is 0.610. The number of hydrazine groups is 1. The summed E-state index contributed by atoms with van der Waals surface area (Å²) in [4.78, 5) is 4.32. The summed E-state index contributed by atoms with van der Waals surface area (Å²) in [6.45, 7) is 5.26. The van der Waals surface area contributed by atoms with Crippen molar-refractivity contribution in [2.45, 2.75) is 38.0 Å². The Bertz CT molecular complexity index is 479. The predicted octanol–water partition coefficient (Wildman–Crippen LogP) is 0.649. The average Bonchev–Trinajstić information content (AvgIpc) is 2.58. The van der Waals surface area contributed by atoms with Crippen molar-refractivity contribution in [2.75, 3.05) is 6.26 Å². The van der Waals surface area contributed by atoms with Crippen LogP contribution in [0.25, 0.3) is 0 Å². The van der Waals surface area contributed by atoms with Crippen LogP contribution in [0, 0.1) is 6.92 Å². The Kier molecular flexibility index (Phi) is 4.29. The highest BCUT2D eigenvalue weighted by Crippen LogP contribution is 2.23. The molecule has 0 aliphatic rings. The number of hydrogen-bond donors (Lipinski definition) is 2. The molecule has 1 heterocycles. The molecule has 0 fully saturated rings. The van der Waals surface area contributed by atoms with Crippen LogP contribution in [-0.2, 0) is 16.3 Å². The summed E-state index contributed by atoms with van der Waals surface area (Å²) in [6, 6.07) is -0.362. The van der Waals surface area contributed by atoms with Crippen LogP contribution in [0.5, 0.6) is 0 Å². The SMILES string of the molecule is Cc1nc(CC(NN)C(C)(C)S(C)(=O)=O)cs1. The predicted molar refractivity (Wildman–Crippen MR) is 70.6 cm³/mol. The number of aromatic nitrogens is 1. The lowest BCUT2D eigenvalue weighted by atomic mass is 9.99. The molecule has 1 unspecified atom stereocenters. The highest BCUT2D eigenvalue weighted by molar-refractivity contribution is 7.92. The molecule has 0 aromatic carbocycles. The van der Waals surface area contributed by atoms with Gasteiger partial charge in [-0.3, -0.25) is 11.3 Å². The minimum atomic E-state index is -3.19. The van der Waals surface area contributed by atoms with E-state index in [-0.39, 0.29) is 6.04 Å². The Hall–Kier alpha value is -0.500. The van der Waals surface area contributed by atoms with E-state index in [0.717, 1.165) is 10.7 Å². The number of nitrogens with two attached hydrogens (primary N) is 1. The van der Waals surface area contributed by atoms with Crippen molar-refractivity contribution in [3.8, 4) is 0 Å². The molecular weight excluding hydrogens is 258 g/mol. The largest absolute Gasteiger partial charge is 0.271 e. The molecule has 3 N–H and O–H groups in total. The molecule has 98 valence electrons. The van der Waals surface area contributed by atoms with E-state index in [1.54, 1.807) is 25.2 Å². The molecule has 0 saturated carbocycles. The van der Waals surface area contributed by atoms with Crippen molar-refractivity contribution in [3.63, 3.8) is 0 Å². The van der Waals surface area contributed by atoms with Gasteiger partial charge in [0.2, 0.25) is 0 Å². The fraction of sp³-hybridized carbons (Fsp3) is 0.700. The fourth-order valence-corrected chi connectivity index (χ4v) is 2.77. The third-order valence-electron chi connectivity index (χ3n) is 3.08. The summed E-state index contributed by atoms with van der Waals surface area (Å²) < 4.78 is 22.5. The van der Waals surface area contributed by atoms with Crippen LogP contribution in [0.15, 0.2) is 5.38 Å². The standard InChI is InChI=1S/C10H19N3O2S2/c1-7-12-8(6-16-7)5-9(13-11)10(2,3)17(4,14)15/h6,9,13H,5,11H2,1-4H3. The molecule has 5 nitrogen and oxygen atoms in total. The third kappa shape index (κ3) is 3.25. The van der Waals surface area contributed by atoms with E-state index in [0.29, 0.717) is 6.42 Å². The number of thiazole rings is 1. The average molecular weight is 277 g/mol. The number of nitrogens with zero attached hydrogens (tertiary/aromatic N) is 1. The molecule has 1 rings (SSSR count). The van der Waals surface area contributed by atoms with Crippen molar-refractivity contribution >= 4 is 21.2 Å². The molecule has 17 heavy (non-hydrogen) atoms. The van der Waals surface area contributed by atoms with Gasteiger partial charge >= 0.3 is 0 Å². The zero-order valence-corrected chi connectivity index (χ0v) is 12.2. The molecule has 0 aliphatic heterocycles. The van der Waals surface area contributed by atoms with Crippen molar-refractivity contribution in [3.05, 3.63) is 16.1 Å². The van der Waals surface area contributed by atoms with Gasteiger partial charge in [0.05, 0.1) is 15.4 Å². The smallest absolute Gasteiger partial charge is 0.154 e. The van der Waals surface area contributed by atoms with Gasteiger partial charge in [-0.2, -0.15) is 0 Å². The van der Waals surface area contributed by atoms with Crippen LogP contribution in [-0.4, -0.2) is 30.4 Å². The van der Waals surface area contributed by atoms with Gasteiger partial charge in [0.25, 0.3) is 0 Å². The molecule has 0 spiro atoms. The first-order valence-corrected chi connectivity index (χ1v) is 8.02. The van der Waals surface area contributed by atoms with Crippen LogP contribution in [0.2, 0.25) is 0 Å². The summed E-state index contributed by atoms with van der Waals surface area (Å²) in [6.07, 6.45) is 1.73. The van der Waals surface area contributed by atoms with Gasteiger partial charge in [0.1, 0.15) is 0 Å². The maximum absolute atomic E-state index is 11.7. The van der Waals surface area contributed by atoms with E-state index in [9.17, 15) is 8.42 Å². The van der Waals surface area contributed by atoms with Crippen molar-refractivity contribution in [2.24, 2.45) is 5.84 Å². The second kappa shape index (κ2) is 5.01. The molecule has 1 aromatic rings. The number of rotatable bonds is 5. The van der Waals surface area contributed by atoms with E-state index >= 15 is 0 Å². The first kappa shape index (κ1) is 14.6. The number of nitrogens with one attached hydrogen (secondary N) is 1. The molecule has 0 bridgehead atoms. The molecule has 1 atom stereocenters. The first-order valence-electron chi connectivity index (χ1n) is 5.25. The Labute approximate surface area is 106 Å². The van der Waals surface area contributed by atoms with Gasteiger partial charge < -0.3 is 0 Å². The highest BCUT2D eigenvalue weighted by atomic mass is 32.2. The molecule has 0 aliphatic carbocycles. The van der Waals surface area contributed by atoms with Crippen molar-refractivity contribution in [1.82, 2.24) is 10.4 Å². The lowest BCUT2D eigenvalue weighted by molar-refractivity contribution is 0.410. The molecule has 0 amide bonds. The Balaban J connectivity index is 2.93. The molecule has 1 aromatic heterocycles. The summed E-state index contributed by atoms with van der Waals surface area (Å²) in [5.74, 6) is 5.47. The Morgan fingerprint density at radius 2 is 2.18 bits per heavy atom. The lowest BCUT2D eigenvalue weighted by Crippen LogP contribution is -2.55. The van der Waals surface area contributed by atoms with E-state index < -0.39 is 14.6 Å². The zero-order valence-electron chi connectivity index (χ0n) is 10.5. The monoisotopic (exact) mass is 277 g/mol. The van der Waals surface area contributed by atoms with E-state index in [1.165, 1.54) is 6.26 Å². The fourth-order valence-electron chi connectivity index (χ4n) is 1.47. The Morgan fingerprint density at radius 1 is 1.59 bits per heavy atom. The Morgan fingerprint density at radius 3 is 2.53 bits per heavy atom. The first-order chi connectivity index (χ1) is 7.68. The number of aryl methyl sites for hydroxylation is 1. The maximum atomic E-state index is 11.7. The molecular formula is C10H19N3O2S2.